The van der Waals surface area contributed by atoms with Crippen molar-refractivity contribution in [2.24, 2.45) is 5.92 Å². The topological polar surface area (TPSA) is 66.8 Å². The number of halogens is 3. The maximum Gasteiger partial charge on any atom is 0.410 e. The summed E-state index contributed by atoms with van der Waals surface area (Å²) in [6.07, 6.45) is -6.11. The van der Waals surface area contributed by atoms with Gasteiger partial charge in [0.1, 0.15) is 12.6 Å². The summed E-state index contributed by atoms with van der Waals surface area (Å²) in [5.41, 5.74) is 3.97. The molecule has 2 atom stereocenters. The normalized spacial score (nSPS) is 21.1. The number of carboxylic acid groups (broad SMARTS) is 1. The number of piperidine rings is 1. The van der Waals surface area contributed by atoms with Crippen molar-refractivity contribution in [3.05, 3.63) is 59.7 Å². The summed E-state index contributed by atoms with van der Waals surface area (Å²) in [7, 11) is 0. The van der Waals surface area contributed by atoms with Crippen LogP contribution in [0.2, 0.25) is 0 Å². The highest BCUT2D eigenvalue weighted by Crippen LogP contribution is 2.44. The number of likely N-dealkylation sites (tertiary alicyclic amines) is 1. The van der Waals surface area contributed by atoms with E-state index in [0.717, 1.165) is 22.3 Å². The number of amides is 1. The Labute approximate surface area is 171 Å². The van der Waals surface area contributed by atoms with E-state index in [2.05, 4.69) is 0 Å². The third-order valence-corrected chi connectivity index (χ3v) is 5.90. The van der Waals surface area contributed by atoms with Crippen LogP contribution in [0.5, 0.6) is 0 Å². The van der Waals surface area contributed by atoms with Crippen LogP contribution in [0.15, 0.2) is 48.5 Å². The van der Waals surface area contributed by atoms with E-state index in [1.54, 1.807) is 0 Å². The number of hydrogen-bond acceptors (Lipinski definition) is 3. The molecule has 0 saturated carbocycles. The number of benzene rings is 2. The third kappa shape index (κ3) is 3.62. The zero-order chi connectivity index (χ0) is 21.5. The second-order valence-electron chi connectivity index (χ2n) is 7.63. The van der Waals surface area contributed by atoms with Gasteiger partial charge in [-0.1, -0.05) is 48.5 Å². The molecule has 8 heteroatoms. The predicted octanol–water partition coefficient (Wildman–Crippen LogP) is 4.66. The standard InChI is InChI=1S/C22H20F3NO4/c23-22(24,25)13-9-10-19(20(27)28)26(11-13)21(29)30-12-18-16-7-3-1-5-14(16)15-6-2-4-8-17(15)18/h1-8,13,18-19H,9-12H2,(H,27,28)/t13-,19-/m0/s1. The molecule has 2 aromatic rings. The number of alkyl halides is 3. The third-order valence-electron chi connectivity index (χ3n) is 5.90. The lowest BCUT2D eigenvalue weighted by molar-refractivity contribution is -0.190. The lowest BCUT2D eigenvalue weighted by Crippen LogP contribution is -2.53. The molecule has 2 aromatic carbocycles. The number of carboxylic acids is 1. The first-order valence-corrected chi connectivity index (χ1v) is 9.68. The molecule has 30 heavy (non-hydrogen) atoms. The minimum absolute atomic E-state index is 0.0770. The van der Waals surface area contributed by atoms with E-state index < -0.39 is 36.7 Å². The number of aliphatic carboxylic acids is 1. The maximum absolute atomic E-state index is 13.1. The second-order valence-corrected chi connectivity index (χ2v) is 7.63. The highest BCUT2D eigenvalue weighted by Gasteiger charge is 2.47. The molecule has 2 aliphatic rings. The van der Waals surface area contributed by atoms with Crippen LogP contribution >= 0.6 is 0 Å². The number of carbonyl (C=O) groups is 2. The number of carbonyl (C=O) groups excluding carboxylic acids is 1. The zero-order valence-electron chi connectivity index (χ0n) is 15.9. The summed E-state index contributed by atoms with van der Waals surface area (Å²) in [5, 5.41) is 9.36. The Kier molecular flexibility index (Phi) is 5.17. The molecule has 1 aliphatic heterocycles. The van der Waals surface area contributed by atoms with Crippen LogP contribution in [0.25, 0.3) is 11.1 Å². The Morgan fingerprint density at radius 1 is 1.00 bits per heavy atom. The van der Waals surface area contributed by atoms with Crippen LogP contribution in [0.4, 0.5) is 18.0 Å². The summed E-state index contributed by atoms with van der Waals surface area (Å²) in [4.78, 5) is 24.8. The molecule has 5 nitrogen and oxygen atoms in total. The maximum atomic E-state index is 13.1. The highest BCUT2D eigenvalue weighted by molar-refractivity contribution is 5.81. The molecule has 4 rings (SSSR count). The van der Waals surface area contributed by atoms with E-state index >= 15 is 0 Å². The van der Waals surface area contributed by atoms with Gasteiger partial charge in [-0.15, -0.1) is 0 Å². The first kappa shape index (κ1) is 20.3. The van der Waals surface area contributed by atoms with Crippen molar-refractivity contribution < 1.29 is 32.6 Å². The number of rotatable bonds is 3. The molecule has 1 aliphatic carbocycles. The monoisotopic (exact) mass is 419 g/mol. The van der Waals surface area contributed by atoms with E-state index in [4.69, 9.17) is 4.74 Å². The first-order chi connectivity index (χ1) is 14.3. The van der Waals surface area contributed by atoms with Gasteiger partial charge in [0.2, 0.25) is 0 Å². The van der Waals surface area contributed by atoms with Crippen LogP contribution in [0, 0.1) is 5.92 Å². The first-order valence-electron chi connectivity index (χ1n) is 9.68. The summed E-state index contributed by atoms with van der Waals surface area (Å²) < 4.78 is 44.8. The molecule has 158 valence electrons. The Balaban J connectivity index is 1.53. The fourth-order valence-electron chi connectivity index (χ4n) is 4.37. The van der Waals surface area contributed by atoms with Gasteiger partial charge in [0.15, 0.2) is 0 Å². The van der Waals surface area contributed by atoms with Crippen molar-refractivity contribution in [3.8, 4) is 11.1 Å². The molecule has 1 amide bonds. The molecule has 1 saturated heterocycles. The lowest BCUT2D eigenvalue weighted by atomic mass is 9.92. The molecule has 0 bridgehead atoms. The highest BCUT2D eigenvalue weighted by atomic mass is 19.4. The molecular formula is C22H20F3NO4. The minimum atomic E-state index is -4.49. The van der Waals surface area contributed by atoms with Gasteiger partial charge in [-0.2, -0.15) is 13.2 Å². The number of ether oxygens (including phenoxy) is 1. The Hall–Kier alpha value is -3.03. The van der Waals surface area contributed by atoms with Crippen molar-refractivity contribution in [1.29, 1.82) is 0 Å². The Morgan fingerprint density at radius 3 is 2.10 bits per heavy atom. The van der Waals surface area contributed by atoms with Gasteiger partial charge in [0, 0.05) is 12.5 Å². The van der Waals surface area contributed by atoms with Gasteiger partial charge in [-0.25, -0.2) is 9.59 Å². The smallest absolute Gasteiger partial charge is 0.410 e. The quantitative estimate of drug-likeness (QED) is 0.786. The predicted molar refractivity (Wildman–Crippen MR) is 102 cm³/mol. The van der Waals surface area contributed by atoms with Gasteiger partial charge in [-0.3, -0.25) is 4.90 Å². The van der Waals surface area contributed by atoms with E-state index in [-0.39, 0.29) is 25.4 Å². The fraction of sp³-hybridized carbons (Fsp3) is 0.364. The SMILES string of the molecule is O=C(O)[C@@H]1CC[C@H](C(F)(F)F)CN1C(=O)OCC1c2ccccc2-c2ccccc21. The summed E-state index contributed by atoms with van der Waals surface area (Å²) in [5.74, 6) is -3.34. The van der Waals surface area contributed by atoms with E-state index in [0.29, 0.717) is 4.90 Å². The molecule has 1 N–H and O–H groups in total. The van der Waals surface area contributed by atoms with Gasteiger partial charge < -0.3 is 9.84 Å². The van der Waals surface area contributed by atoms with Crippen LogP contribution in [0.1, 0.15) is 29.9 Å². The molecule has 0 aromatic heterocycles. The molecule has 0 spiro atoms. The second kappa shape index (κ2) is 7.66. The van der Waals surface area contributed by atoms with E-state index in [9.17, 15) is 27.9 Å². The Morgan fingerprint density at radius 2 is 1.57 bits per heavy atom. The number of fused-ring (bicyclic) bond motifs is 3. The molecular weight excluding hydrogens is 399 g/mol. The van der Waals surface area contributed by atoms with Crippen molar-refractivity contribution in [3.63, 3.8) is 0 Å². The number of hydrogen-bond donors (Lipinski definition) is 1. The summed E-state index contributed by atoms with van der Waals surface area (Å²) >= 11 is 0. The molecule has 0 unspecified atom stereocenters. The zero-order valence-corrected chi connectivity index (χ0v) is 15.9. The van der Waals surface area contributed by atoms with Crippen LogP contribution in [-0.4, -0.2) is 47.4 Å². The van der Waals surface area contributed by atoms with Crippen molar-refractivity contribution in [1.82, 2.24) is 4.90 Å². The van der Waals surface area contributed by atoms with E-state index in [1.807, 2.05) is 48.5 Å². The van der Waals surface area contributed by atoms with Crippen LogP contribution in [0.3, 0.4) is 0 Å². The van der Waals surface area contributed by atoms with Crippen molar-refractivity contribution in [2.75, 3.05) is 13.2 Å². The average Bonchev–Trinajstić information content (AvgIpc) is 3.04. The van der Waals surface area contributed by atoms with Gasteiger partial charge in [-0.05, 0) is 35.1 Å². The molecule has 1 heterocycles. The Bertz CT molecular complexity index is 929. The number of nitrogens with zero attached hydrogens (tertiary/aromatic N) is 1. The molecule has 1 fully saturated rings. The van der Waals surface area contributed by atoms with E-state index in [1.165, 1.54) is 0 Å². The lowest BCUT2D eigenvalue weighted by Gasteiger charge is -2.37. The minimum Gasteiger partial charge on any atom is -0.480 e. The van der Waals surface area contributed by atoms with Crippen LogP contribution in [-0.2, 0) is 9.53 Å². The van der Waals surface area contributed by atoms with Crippen molar-refractivity contribution in [2.45, 2.75) is 31.0 Å². The summed E-state index contributed by atoms with van der Waals surface area (Å²) in [6, 6.07) is 14.0. The van der Waals surface area contributed by atoms with Gasteiger partial charge >= 0.3 is 18.2 Å². The molecule has 0 radical (unpaired) electrons. The fourth-order valence-corrected chi connectivity index (χ4v) is 4.37. The van der Waals surface area contributed by atoms with Gasteiger partial charge in [0.05, 0.1) is 5.92 Å². The van der Waals surface area contributed by atoms with Gasteiger partial charge in [0.25, 0.3) is 0 Å². The van der Waals surface area contributed by atoms with Crippen molar-refractivity contribution >= 4 is 12.1 Å². The largest absolute Gasteiger partial charge is 0.480 e. The average molecular weight is 419 g/mol. The van der Waals surface area contributed by atoms with Crippen LogP contribution < -0.4 is 0 Å². The summed E-state index contributed by atoms with van der Waals surface area (Å²) in [6.45, 7) is -0.788.